The molecule has 0 heterocycles. The van der Waals surface area contributed by atoms with E-state index < -0.39 is 15.7 Å². The van der Waals surface area contributed by atoms with E-state index in [4.69, 9.17) is 0 Å². The fourth-order valence-corrected chi connectivity index (χ4v) is 2.32. The molecule has 0 aromatic heterocycles. The first kappa shape index (κ1) is 14.1. The Balaban J connectivity index is 2.54. The number of hydrogen-bond donors (Lipinski definition) is 1. The van der Waals surface area contributed by atoms with E-state index in [2.05, 4.69) is 21.2 Å². The lowest BCUT2D eigenvalue weighted by molar-refractivity contribution is -0.384. The van der Waals surface area contributed by atoms with Crippen LogP contribution in [-0.2, 0) is 10.8 Å². The van der Waals surface area contributed by atoms with Crippen LogP contribution in [0.25, 0.3) is 0 Å². The maximum absolute atomic E-state index is 10.8. The Morgan fingerprint density at radius 2 is 2.24 bits per heavy atom. The average Bonchev–Trinajstić information content (AvgIpc) is 2.25. The zero-order valence-electron chi connectivity index (χ0n) is 9.31. The monoisotopic (exact) mass is 320 g/mol. The molecule has 17 heavy (non-hydrogen) atoms. The third kappa shape index (κ3) is 4.82. The number of rotatable bonds is 6. The Morgan fingerprint density at radius 3 is 2.76 bits per heavy atom. The number of anilines is 1. The van der Waals surface area contributed by atoms with Gasteiger partial charge in [0.2, 0.25) is 0 Å². The standard InChI is InChI=1S/C10H13BrN2O3S/c1-17(16)6-2-5-12-10-4-3-8(13(14)15)7-9(10)11/h3-4,7,12H,2,5-6H2,1H3. The molecule has 0 saturated carbocycles. The zero-order valence-corrected chi connectivity index (χ0v) is 11.7. The lowest BCUT2D eigenvalue weighted by Gasteiger charge is -2.07. The lowest BCUT2D eigenvalue weighted by Crippen LogP contribution is -2.06. The van der Waals surface area contributed by atoms with Gasteiger partial charge in [-0.2, -0.15) is 0 Å². The topological polar surface area (TPSA) is 72.2 Å². The highest BCUT2D eigenvalue weighted by molar-refractivity contribution is 9.10. The number of nitro benzene ring substituents is 1. The van der Waals surface area contributed by atoms with Crippen molar-refractivity contribution >= 4 is 38.1 Å². The smallest absolute Gasteiger partial charge is 0.270 e. The molecule has 1 atom stereocenters. The number of non-ortho nitro benzene ring substituents is 1. The summed E-state index contributed by atoms with van der Waals surface area (Å²) in [6, 6.07) is 4.57. The van der Waals surface area contributed by atoms with Gasteiger partial charge in [-0.1, -0.05) is 0 Å². The molecule has 1 aromatic rings. The van der Waals surface area contributed by atoms with Gasteiger partial charge in [-0.3, -0.25) is 14.3 Å². The number of hydrogen-bond acceptors (Lipinski definition) is 4. The van der Waals surface area contributed by atoms with Crippen LogP contribution in [0.2, 0.25) is 0 Å². The van der Waals surface area contributed by atoms with E-state index in [0.29, 0.717) is 16.8 Å². The lowest BCUT2D eigenvalue weighted by atomic mass is 10.3. The van der Waals surface area contributed by atoms with Crippen molar-refractivity contribution in [1.29, 1.82) is 0 Å². The van der Waals surface area contributed by atoms with E-state index in [1.807, 2.05) is 0 Å². The number of nitrogens with zero attached hydrogens (tertiary/aromatic N) is 1. The molecular formula is C10H13BrN2O3S. The molecule has 5 nitrogen and oxygen atoms in total. The minimum absolute atomic E-state index is 0.0529. The Morgan fingerprint density at radius 1 is 1.53 bits per heavy atom. The van der Waals surface area contributed by atoms with Gasteiger partial charge in [0, 0.05) is 51.6 Å². The Hall–Kier alpha value is -0.950. The molecule has 1 aromatic carbocycles. The molecule has 0 saturated heterocycles. The van der Waals surface area contributed by atoms with Gasteiger partial charge in [0.15, 0.2) is 0 Å². The van der Waals surface area contributed by atoms with Crippen molar-refractivity contribution in [2.45, 2.75) is 6.42 Å². The van der Waals surface area contributed by atoms with Crippen LogP contribution in [-0.4, -0.2) is 27.7 Å². The molecule has 7 heteroatoms. The summed E-state index contributed by atoms with van der Waals surface area (Å²) in [5.74, 6) is 0.650. The second kappa shape index (κ2) is 6.70. The number of halogens is 1. The van der Waals surface area contributed by atoms with Gasteiger partial charge in [0.05, 0.1) is 4.92 Å². The minimum atomic E-state index is -0.780. The van der Waals surface area contributed by atoms with Gasteiger partial charge in [0.1, 0.15) is 0 Å². The van der Waals surface area contributed by atoms with Crippen LogP contribution in [0, 0.1) is 10.1 Å². The summed E-state index contributed by atoms with van der Waals surface area (Å²) in [7, 11) is -0.780. The van der Waals surface area contributed by atoms with Gasteiger partial charge in [-0.25, -0.2) is 0 Å². The molecular weight excluding hydrogens is 308 g/mol. The van der Waals surface area contributed by atoms with E-state index in [-0.39, 0.29) is 5.69 Å². The Bertz CT molecular complexity index is 440. The highest BCUT2D eigenvalue weighted by Crippen LogP contribution is 2.26. The predicted octanol–water partition coefficient (Wildman–Crippen LogP) is 2.54. The van der Waals surface area contributed by atoms with Crippen molar-refractivity contribution in [3.8, 4) is 0 Å². The maximum atomic E-state index is 10.8. The van der Waals surface area contributed by atoms with Crippen molar-refractivity contribution < 1.29 is 9.13 Å². The number of nitro groups is 1. The van der Waals surface area contributed by atoms with Crippen molar-refractivity contribution in [3.05, 3.63) is 32.8 Å². The van der Waals surface area contributed by atoms with Crippen molar-refractivity contribution in [1.82, 2.24) is 0 Å². The van der Waals surface area contributed by atoms with Gasteiger partial charge >= 0.3 is 0 Å². The predicted molar refractivity (Wildman–Crippen MR) is 72.8 cm³/mol. The van der Waals surface area contributed by atoms with E-state index in [9.17, 15) is 14.3 Å². The van der Waals surface area contributed by atoms with Gasteiger partial charge in [-0.15, -0.1) is 0 Å². The Labute approximate surface area is 110 Å². The molecule has 1 rings (SSSR count). The molecule has 0 bridgehead atoms. The van der Waals surface area contributed by atoms with Crippen LogP contribution in [0.1, 0.15) is 6.42 Å². The second-order valence-electron chi connectivity index (χ2n) is 3.48. The normalized spacial score (nSPS) is 12.1. The van der Waals surface area contributed by atoms with Crippen molar-refractivity contribution in [2.24, 2.45) is 0 Å². The quantitative estimate of drug-likeness (QED) is 0.496. The first-order chi connectivity index (χ1) is 8.00. The molecule has 0 amide bonds. The summed E-state index contributed by atoms with van der Waals surface area (Å²) in [5.41, 5.74) is 0.856. The van der Waals surface area contributed by atoms with E-state index in [1.54, 1.807) is 12.3 Å². The SMILES string of the molecule is CS(=O)CCCNc1ccc([N+](=O)[O-])cc1Br. The first-order valence-electron chi connectivity index (χ1n) is 4.98. The first-order valence-corrected chi connectivity index (χ1v) is 7.50. The summed E-state index contributed by atoms with van der Waals surface area (Å²) in [6.45, 7) is 0.690. The van der Waals surface area contributed by atoms with Crippen LogP contribution in [0.15, 0.2) is 22.7 Å². The summed E-state index contributed by atoms with van der Waals surface area (Å²) in [5, 5.41) is 13.7. The minimum Gasteiger partial charge on any atom is -0.384 e. The van der Waals surface area contributed by atoms with Crippen LogP contribution >= 0.6 is 15.9 Å². The fraction of sp³-hybridized carbons (Fsp3) is 0.400. The van der Waals surface area contributed by atoms with E-state index in [1.165, 1.54) is 12.1 Å². The van der Waals surface area contributed by atoms with Gasteiger partial charge < -0.3 is 5.32 Å². The second-order valence-corrected chi connectivity index (χ2v) is 5.89. The number of nitrogens with one attached hydrogen (secondary N) is 1. The molecule has 0 aliphatic rings. The van der Waals surface area contributed by atoms with Crippen LogP contribution < -0.4 is 5.32 Å². The molecule has 0 aliphatic carbocycles. The van der Waals surface area contributed by atoms with Crippen LogP contribution in [0.3, 0.4) is 0 Å². The van der Waals surface area contributed by atoms with Crippen molar-refractivity contribution in [3.63, 3.8) is 0 Å². The molecule has 1 unspecified atom stereocenters. The van der Waals surface area contributed by atoms with E-state index >= 15 is 0 Å². The number of benzene rings is 1. The zero-order chi connectivity index (χ0) is 12.8. The molecule has 0 aliphatic heterocycles. The average molecular weight is 321 g/mol. The maximum Gasteiger partial charge on any atom is 0.270 e. The Kier molecular flexibility index (Phi) is 5.57. The molecule has 0 spiro atoms. The van der Waals surface area contributed by atoms with Crippen molar-refractivity contribution in [2.75, 3.05) is 23.9 Å². The molecule has 1 N–H and O–H groups in total. The van der Waals surface area contributed by atoms with Crippen LogP contribution in [0.5, 0.6) is 0 Å². The van der Waals surface area contributed by atoms with Gasteiger partial charge in [-0.05, 0) is 28.4 Å². The summed E-state index contributed by atoms with van der Waals surface area (Å²) >= 11 is 3.27. The largest absolute Gasteiger partial charge is 0.384 e. The summed E-state index contributed by atoms with van der Waals surface area (Å²) < 4.78 is 11.5. The third-order valence-electron chi connectivity index (χ3n) is 2.09. The molecule has 0 radical (unpaired) electrons. The van der Waals surface area contributed by atoms with Crippen LogP contribution in [0.4, 0.5) is 11.4 Å². The molecule has 0 fully saturated rings. The third-order valence-corrected chi connectivity index (χ3v) is 3.61. The molecule has 94 valence electrons. The van der Waals surface area contributed by atoms with E-state index in [0.717, 1.165) is 12.1 Å². The summed E-state index contributed by atoms with van der Waals surface area (Å²) in [6.07, 6.45) is 2.47. The fourth-order valence-electron chi connectivity index (χ4n) is 1.26. The van der Waals surface area contributed by atoms with Gasteiger partial charge in [0.25, 0.3) is 5.69 Å². The highest BCUT2D eigenvalue weighted by atomic mass is 79.9. The highest BCUT2D eigenvalue weighted by Gasteiger charge is 2.08. The summed E-state index contributed by atoms with van der Waals surface area (Å²) in [4.78, 5) is 10.1.